The Morgan fingerprint density at radius 3 is 2.58 bits per heavy atom. The van der Waals surface area contributed by atoms with Crippen molar-refractivity contribution in [2.75, 3.05) is 12.4 Å². The van der Waals surface area contributed by atoms with Crippen LogP contribution in [-0.4, -0.2) is 18.1 Å². The van der Waals surface area contributed by atoms with Gasteiger partial charge in [0.2, 0.25) is 0 Å². The van der Waals surface area contributed by atoms with Crippen molar-refractivity contribution in [3.63, 3.8) is 0 Å². The van der Waals surface area contributed by atoms with Gasteiger partial charge in [-0.25, -0.2) is 0 Å². The molecule has 0 aliphatic heterocycles. The zero-order valence-electron chi connectivity index (χ0n) is 11.4. The highest BCUT2D eigenvalue weighted by Gasteiger charge is 2.24. The number of nitro benzene ring substituents is 1. The minimum atomic E-state index is -0.382. The molecule has 0 amide bonds. The van der Waals surface area contributed by atoms with Gasteiger partial charge in [-0.1, -0.05) is 13.0 Å². The number of nitrogens with one attached hydrogen (secondary N) is 1. The molecule has 1 aromatic carbocycles. The topological polar surface area (TPSA) is 64.4 Å². The van der Waals surface area contributed by atoms with Crippen LogP contribution in [0.25, 0.3) is 0 Å². The molecule has 1 fully saturated rings. The summed E-state index contributed by atoms with van der Waals surface area (Å²) in [6.45, 7) is 2.25. The van der Waals surface area contributed by atoms with Crippen LogP contribution in [-0.2, 0) is 0 Å². The molecule has 1 N–H and O–H groups in total. The summed E-state index contributed by atoms with van der Waals surface area (Å²) >= 11 is 0. The molecule has 0 bridgehead atoms. The van der Waals surface area contributed by atoms with Crippen LogP contribution < -0.4 is 10.1 Å². The lowest BCUT2D eigenvalue weighted by atomic mass is 9.87. The van der Waals surface area contributed by atoms with Crippen molar-refractivity contribution < 1.29 is 9.66 Å². The second kappa shape index (κ2) is 5.91. The summed E-state index contributed by atoms with van der Waals surface area (Å²) in [4.78, 5) is 10.8. The molecule has 19 heavy (non-hydrogen) atoms. The Labute approximate surface area is 113 Å². The monoisotopic (exact) mass is 264 g/mol. The number of nitro groups is 1. The lowest BCUT2D eigenvalue weighted by molar-refractivity contribution is -0.384. The van der Waals surface area contributed by atoms with Crippen molar-refractivity contribution in [3.8, 4) is 5.75 Å². The first-order valence-corrected chi connectivity index (χ1v) is 6.69. The van der Waals surface area contributed by atoms with E-state index in [4.69, 9.17) is 4.74 Å². The van der Waals surface area contributed by atoms with Gasteiger partial charge in [-0.2, -0.15) is 0 Å². The van der Waals surface area contributed by atoms with Crippen LogP contribution in [0.2, 0.25) is 0 Å². The molecule has 5 nitrogen and oxygen atoms in total. The molecule has 0 spiro atoms. The third-order valence-electron chi connectivity index (χ3n) is 3.78. The maximum atomic E-state index is 11.2. The van der Waals surface area contributed by atoms with Crippen molar-refractivity contribution in [3.05, 3.63) is 28.3 Å². The van der Waals surface area contributed by atoms with Gasteiger partial charge in [0.15, 0.2) is 5.75 Å². The maximum Gasteiger partial charge on any atom is 0.333 e. The van der Waals surface area contributed by atoms with Crippen molar-refractivity contribution in [2.24, 2.45) is 5.92 Å². The Hall–Kier alpha value is -1.78. The van der Waals surface area contributed by atoms with Gasteiger partial charge in [0.25, 0.3) is 0 Å². The molecule has 5 heteroatoms. The number of rotatable bonds is 4. The molecular formula is C14H20N2O3. The minimum absolute atomic E-state index is 0.0311. The van der Waals surface area contributed by atoms with Crippen molar-refractivity contribution in [1.82, 2.24) is 0 Å². The van der Waals surface area contributed by atoms with Gasteiger partial charge < -0.3 is 10.1 Å². The largest absolute Gasteiger partial charge is 0.490 e. The van der Waals surface area contributed by atoms with Gasteiger partial charge in [0.1, 0.15) is 5.69 Å². The smallest absolute Gasteiger partial charge is 0.333 e. The molecule has 1 aromatic rings. The predicted octanol–water partition coefficient (Wildman–Crippen LogP) is 3.59. The number of methoxy groups -OCH3 is 1. The summed E-state index contributed by atoms with van der Waals surface area (Å²) < 4.78 is 5.07. The summed E-state index contributed by atoms with van der Waals surface area (Å²) in [5.74, 6) is 1.07. The first kappa shape index (κ1) is 13.6. The Morgan fingerprint density at radius 1 is 1.32 bits per heavy atom. The van der Waals surface area contributed by atoms with Gasteiger partial charge in [0, 0.05) is 6.04 Å². The zero-order chi connectivity index (χ0) is 13.8. The number of ether oxygens (including phenoxy) is 1. The fourth-order valence-corrected chi connectivity index (χ4v) is 2.62. The highest BCUT2D eigenvalue weighted by molar-refractivity contribution is 5.68. The standard InChI is InChI=1S/C14H20N2O3/c1-10-6-8-11(9-7-10)15-12-4-3-5-13(19-2)14(12)16(17)18/h3-5,10-11,15H,6-9H2,1-2H3. The van der Waals surface area contributed by atoms with E-state index < -0.39 is 0 Å². The molecule has 0 aromatic heterocycles. The second-order valence-electron chi connectivity index (χ2n) is 5.21. The summed E-state index contributed by atoms with van der Waals surface area (Å²) in [6.07, 6.45) is 4.48. The normalized spacial score (nSPS) is 22.8. The van der Waals surface area contributed by atoms with Gasteiger partial charge >= 0.3 is 5.69 Å². The summed E-state index contributed by atoms with van der Waals surface area (Å²) in [5, 5.41) is 14.5. The number of nitrogens with zero attached hydrogens (tertiary/aromatic N) is 1. The molecule has 1 aliphatic carbocycles. The van der Waals surface area contributed by atoms with Crippen LogP contribution in [0, 0.1) is 16.0 Å². The van der Waals surface area contributed by atoms with Crippen LogP contribution >= 0.6 is 0 Å². The number of anilines is 1. The molecule has 1 aliphatic rings. The SMILES string of the molecule is COc1cccc(NC2CCC(C)CC2)c1[N+](=O)[O-]. The number of hydrogen-bond donors (Lipinski definition) is 1. The third-order valence-corrected chi connectivity index (χ3v) is 3.78. The molecule has 0 heterocycles. The van der Waals surface area contributed by atoms with E-state index >= 15 is 0 Å². The molecule has 104 valence electrons. The maximum absolute atomic E-state index is 11.2. The quantitative estimate of drug-likeness (QED) is 0.666. The van der Waals surface area contributed by atoms with E-state index in [1.165, 1.54) is 20.0 Å². The molecule has 0 unspecified atom stereocenters. The van der Waals surface area contributed by atoms with E-state index in [0.29, 0.717) is 17.5 Å². The molecule has 0 radical (unpaired) electrons. The molecule has 0 saturated heterocycles. The van der Waals surface area contributed by atoms with Crippen molar-refractivity contribution >= 4 is 11.4 Å². The fourth-order valence-electron chi connectivity index (χ4n) is 2.62. The van der Waals surface area contributed by atoms with E-state index in [-0.39, 0.29) is 10.6 Å². The van der Waals surface area contributed by atoms with E-state index in [0.717, 1.165) is 18.8 Å². The van der Waals surface area contributed by atoms with E-state index in [1.807, 2.05) is 0 Å². The molecular weight excluding hydrogens is 244 g/mol. The highest BCUT2D eigenvalue weighted by atomic mass is 16.6. The van der Waals surface area contributed by atoms with Crippen LogP contribution in [0.5, 0.6) is 5.75 Å². The van der Waals surface area contributed by atoms with E-state index in [1.54, 1.807) is 18.2 Å². The second-order valence-corrected chi connectivity index (χ2v) is 5.21. The lowest BCUT2D eigenvalue weighted by Crippen LogP contribution is -2.25. The lowest BCUT2D eigenvalue weighted by Gasteiger charge is -2.27. The Balaban J connectivity index is 2.17. The molecule has 2 rings (SSSR count). The van der Waals surface area contributed by atoms with Crippen LogP contribution in [0.15, 0.2) is 18.2 Å². The van der Waals surface area contributed by atoms with Crippen LogP contribution in [0.4, 0.5) is 11.4 Å². The van der Waals surface area contributed by atoms with Gasteiger partial charge in [0.05, 0.1) is 12.0 Å². The van der Waals surface area contributed by atoms with Crippen molar-refractivity contribution in [1.29, 1.82) is 0 Å². The summed E-state index contributed by atoms with van der Waals surface area (Å²) in [6, 6.07) is 5.46. The first-order chi connectivity index (χ1) is 9.11. The number of hydrogen-bond acceptors (Lipinski definition) is 4. The molecule has 0 atom stereocenters. The van der Waals surface area contributed by atoms with Gasteiger partial charge in [-0.05, 0) is 43.7 Å². The van der Waals surface area contributed by atoms with Crippen LogP contribution in [0.3, 0.4) is 0 Å². The highest BCUT2D eigenvalue weighted by Crippen LogP contribution is 2.36. The Bertz CT molecular complexity index is 454. The first-order valence-electron chi connectivity index (χ1n) is 6.69. The predicted molar refractivity (Wildman–Crippen MR) is 74.7 cm³/mol. The average molecular weight is 264 g/mol. The average Bonchev–Trinajstić information content (AvgIpc) is 2.40. The van der Waals surface area contributed by atoms with E-state index in [2.05, 4.69) is 12.2 Å². The number of para-hydroxylation sites is 1. The molecule has 1 saturated carbocycles. The van der Waals surface area contributed by atoms with Crippen LogP contribution in [0.1, 0.15) is 32.6 Å². The summed E-state index contributed by atoms with van der Waals surface area (Å²) in [7, 11) is 1.45. The van der Waals surface area contributed by atoms with Crippen molar-refractivity contribution in [2.45, 2.75) is 38.6 Å². The van der Waals surface area contributed by atoms with Gasteiger partial charge in [-0.3, -0.25) is 10.1 Å². The van der Waals surface area contributed by atoms with Gasteiger partial charge in [-0.15, -0.1) is 0 Å². The van der Waals surface area contributed by atoms with E-state index in [9.17, 15) is 10.1 Å². The minimum Gasteiger partial charge on any atom is -0.490 e. The Morgan fingerprint density at radius 2 is 2.00 bits per heavy atom. The third kappa shape index (κ3) is 3.16. The Kier molecular flexibility index (Phi) is 4.24. The summed E-state index contributed by atoms with van der Waals surface area (Å²) in [5.41, 5.74) is 0.590. The number of benzene rings is 1. The fraction of sp³-hybridized carbons (Fsp3) is 0.571. The zero-order valence-corrected chi connectivity index (χ0v) is 11.4.